The fraction of sp³-hybridized carbons (Fsp3) is 0.455. The summed E-state index contributed by atoms with van der Waals surface area (Å²) in [4.78, 5) is 14.9. The van der Waals surface area contributed by atoms with Gasteiger partial charge in [-0.1, -0.05) is 6.07 Å². The van der Waals surface area contributed by atoms with Crippen LogP contribution in [0.4, 0.5) is 4.39 Å². The molecule has 1 rings (SSSR count). The molecule has 0 aliphatic rings. The Hall–Kier alpha value is -1.49. The Morgan fingerprint density at radius 3 is 3.00 bits per heavy atom. The van der Waals surface area contributed by atoms with E-state index < -0.39 is 12.3 Å². The third-order valence-electron chi connectivity index (χ3n) is 1.82. The van der Waals surface area contributed by atoms with Crippen LogP contribution in [0.3, 0.4) is 0 Å². The average Bonchev–Trinajstić information content (AvgIpc) is 2.30. The molecule has 0 saturated carbocycles. The monoisotopic (exact) mass is 227 g/mol. The van der Waals surface area contributed by atoms with Gasteiger partial charge >= 0.3 is 5.97 Å². The number of alkyl halides is 1. The molecule has 5 heteroatoms. The van der Waals surface area contributed by atoms with E-state index in [9.17, 15) is 9.18 Å². The van der Waals surface area contributed by atoms with Gasteiger partial charge in [-0.15, -0.1) is 0 Å². The van der Waals surface area contributed by atoms with Crippen LogP contribution in [-0.2, 0) is 20.7 Å². The maximum atomic E-state index is 13.0. The summed E-state index contributed by atoms with van der Waals surface area (Å²) >= 11 is 0. The van der Waals surface area contributed by atoms with Crippen molar-refractivity contribution in [1.82, 2.24) is 4.98 Å². The lowest BCUT2D eigenvalue weighted by Gasteiger charge is -2.08. The maximum Gasteiger partial charge on any atom is 0.368 e. The van der Waals surface area contributed by atoms with E-state index in [1.807, 2.05) is 6.07 Å². The molecule has 1 aromatic heterocycles. The maximum absolute atomic E-state index is 13.0. The number of hydrogen-bond acceptors (Lipinski definition) is 4. The molecule has 16 heavy (non-hydrogen) atoms. The van der Waals surface area contributed by atoms with Crippen molar-refractivity contribution in [1.29, 1.82) is 0 Å². The van der Waals surface area contributed by atoms with Crippen LogP contribution < -0.4 is 0 Å². The summed E-state index contributed by atoms with van der Waals surface area (Å²) in [5.74, 6) is -0.983. The fourth-order valence-corrected chi connectivity index (χ4v) is 1.09. The molecule has 0 fully saturated rings. The highest BCUT2D eigenvalue weighted by molar-refractivity contribution is 5.72. The Morgan fingerprint density at radius 1 is 1.56 bits per heavy atom. The predicted octanol–water partition coefficient (Wildman–Crippen LogP) is 1.50. The van der Waals surface area contributed by atoms with Gasteiger partial charge in [-0.3, -0.25) is 4.98 Å². The Kier molecular flexibility index (Phi) is 5.42. The van der Waals surface area contributed by atoms with E-state index in [0.717, 1.165) is 5.69 Å². The van der Waals surface area contributed by atoms with Gasteiger partial charge in [0.1, 0.15) is 0 Å². The molecule has 1 unspecified atom stereocenters. The molecule has 0 aliphatic heterocycles. The summed E-state index contributed by atoms with van der Waals surface area (Å²) in [5.41, 5.74) is 0.790. The summed E-state index contributed by atoms with van der Waals surface area (Å²) < 4.78 is 22.1. The van der Waals surface area contributed by atoms with E-state index >= 15 is 0 Å². The molecule has 0 aromatic carbocycles. The summed E-state index contributed by atoms with van der Waals surface area (Å²) in [7, 11) is 0. The second-order valence-corrected chi connectivity index (χ2v) is 3.01. The Labute approximate surface area is 93.4 Å². The topological polar surface area (TPSA) is 48.4 Å². The van der Waals surface area contributed by atoms with Crippen molar-refractivity contribution < 1.29 is 18.7 Å². The van der Waals surface area contributed by atoms with E-state index in [1.165, 1.54) is 0 Å². The molecule has 1 heterocycles. The van der Waals surface area contributed by atoms with Crippen LogP contribution in [0.25, 0.3) is 0 Å². The van der Waals surface area contributed by atoms with Crippen molar-refractivity contribution in [2.75, 3.05) is 13.2 Å². The Bertz CT molecular complexity index is 318. The molecular weight excluding hydrogens is 213 g/mol. The van der Waals surface area contributed by atoms with E-state index in [-0.39, 0.29) is 13.2 Å². The standard InChI is InChI=1S/C11H14FNO3/c1-2-15-11(14)10(12)16-8-6-9-5-3-4-7-13-9/h3-5,7,10H,2,6,8H2,1H3. The lowest BCUT2D eigenvalue weighted by atomic mass is 10.3. The van der Waals surface area contributed by atoms with Crippen LogP contribution in [0.5, 0.6) is 0 Å². The first-order valence-electron chi connectivity index (χ1n) is 5.06. The van der Waals surface area contributed by atoms with Gasteiger partial charge in [0.25, 0.3) is 6.36 Å². The van der Waals surface area contributed by atoms with Crippen molar-refractivity contribution in [2.24, 2.45) is 0 Å². The quantitative estimate of drug-likeness (QED) is 0.691. The van der Waals surface area contributed by atoms with Crippen molar-refractivity contribution in [3.05, 3.63) is 30.1 Å². The highest BCUT2D eigenvalue weighted by atomic mass is 19.1. The largest absolute Gasteiger partial charge is 0.462 e. The first-order valence-corrected chi connectivity index (χ1v) is 5.06. The van der Waals surface area contributed by atoms with Crippen molar-refractivity contribution in [3.63, 3.8) is 0 Å². The minimum Gasteiger partial charge on any atom is -0.462 e. The third-order valence-corrected chi connectivity index (χ3v) is 1.82. The normalized spacial score (nSPS) is 12.1. The number of aromatic nitrogens is 1. The smallest absolute Gasteiger partial charge is 0.368 e. The van der Waals surface area contributed by atoms with Crippen LogP contribution in [0.1, 0.15) is 12.6 Å². The van der Waals surface area contributed by atoms with Crippen molar-refractivity contribution >= 4 is 5.97 Å². The van der Waals surface area contributed by atoms with Gasteiger partial charge in [0.2, 0.25) is 0 Å². The number of carbonyl (C=O) groups is 1. The molecule has 0 saturated heterocycles. The lowest BCUT2D eigenvalue weighted by Crippen LogP contribution is -2.23. The van der Waals surface area contributed by atoms with Gasteiger partial charge in [-0.05, 0) is 19.1 Å². The van der Waals surface area contributed by atoms with Crippen LogP contribution in [0.15, 0.2) is 24.4 Å². The van der Waals surface area contributed by atoms with Crippen molar-refractivity contribution in [2.45, 2.75) is 19.7 Å². The van der Waals surface area contributed by atoms with Crippen LogP contribution >= 0.6 is 0 Å². The predicted molar refractivity (Wildman–Crippen MR) is 55.4 cm³/mol. The molecular formula is C11H14FNO3. The van der Waals surface area contributed by atoms with E-state index in [0.29, 0.717) is 6.42 Å². The van der Waals surface area contributed by atoms with Gasteiger partial charge in [0.15, 0.2) is 0 Å². The molecule has 0 radical (unpaired) electrons. The second kappa shape index (κ2) is 6.90. The molecule has 0 N–H and O–H groups in total. The fourth-order valence-electron chi connectivity index (χ4n) is 1.09. The number of pyridine rings is 1. The number of rotatable bonds is 6. The van der Waals surface area contributed by atoms with E-state index in [1.54, 1.807) is 25.3 Å². The number of hydrogen-bond donors (Lipinski definition) is 0. The number of ether oxygens (including phenoxy) is 2. The molecule has 0 amide bonds. The van der Waals surface area contributed by atoms with Crippen LogP contribution in [0, 0.1) is 0 Å². The molecule has 1 aromatic rings. The van der Waals surface area contributed by atoms with Gasteiger partial charge < -0.3 is 9.47 Å². The van der Waals surface area contributed by atoms with Gasteiger partial charge in [-0.2, -0.15) is 0 Å². The van der Waals surface area contributed by atoms with Gasteiger partial charge in [0.05, 0.1) is 13.2 Å². The number of halogens is 1. The van der Waals surface area contributed by atoms with E-state index in [2.05, 4.69) is 14.5 Å². The second-order valence-electron chi connectivity index (χ2n) is 3.01. The first kappa shape index (κ1) is 12.6. The highest BCUT2D eigenvalue weighted by Crippen LogP contribution is 2.00. The SMILES string of the molecule is CCOC(=O)C(F)OCCc1ccccn1. The van der Waals surface area contributed by atoms with Gasteiger partial charge in [-0.25, -0.2) is 9.18 Å². The molecule has 1 atom stereocenters. The van der Waals surface area contributed by atoms with Crippen LogP contribution in [-0.4, -0.2) is 30.5 Å². The zero-order valence-corrected chi connectivity index (χ0v) is 9.06. The van der Waals surface area contributed by atoms with Crippen molar-refractivity contribution in [3.8, 4) is 0 Å². The highest BCUT2D eigenvalue weighted by Gasteiger charge is 2.18. The molecule has 0 spiro atoms. The van der Waals surface area contributed by atoms with E-state index in [4.69, 9.17) is 0 Å². The third kappa shape index (κ3) is 4.35. The average molecular weight is 227 g/mol. The molecule has 4 nitrogen and oxygen atoms in total. The summed E-state index contributed by atoms with van der Waals surface area (Å²) in [6.07, 6.45) is 0.0949. The van der Waals surface area contributed by atoms with Crippen LogP contribution in [0.2, 0.25) is 0 Å². The molecule has 0 bridgehead atoms. The molecule has 0 aliphatic carbocycles. The number of carbonyl (C=O) groups excluding carboxylic acids is 1. The number of esters is 1. The summed E-state index contributed by atoms with van der Waals surface area (Å²) in [5, 5.41) is 0. The zero-order valence-electron chi connectivity index (χ0n) is 9.06. The first-order chi connectivity index (χ1) is 7.74. The Balaban J connectivity index is 2.23. The number of nitrogens with zero attached hydrogens (tertiary/aromatic N) is 1. The lowest BCUT2D eigenvalue weighted by molar-refractivity contribution is -0.169. The minimum atomic E-state index is -2.01. The minimum absolute atomic E-state index is 0.0942. The molecule has 88 valence electrons. The van der Waals surface area contributed by atoms with Gasteiger partial charge in [0, 0.05) is 18.3 Å². The summed E-state index contributed by atoms with van der Waals surface area (Å²) in [6.45, 7) is 1.85. The zero-order chi connectivity index (χ0) is 11.8. The summed E-state index contributed by atoms with van der Waals surface area (Å²) in [6, 6.07) is 5.43. The Morgan fingerprint density at radius 2 is 2.38 bits per heavy atom.